The first-order chi connectivity index (χ1) is 10.1. The molecule has 0 aliphatic carbocycles. The van der Waals surface area contributed by atoms with Gasteiger partial charge in [-0.05, 0) is 17.2 Å². The van der Waals surface area contributed by atoms with Crippen LogP contribution in [-0.4, -0.2) is 28.6 Å². The van der Waals surface area contributed by atoms with Crippen LogP contribution < -0.4 is 0 Å². The van der Waals surface area contributed by atoms with E-state index in [-0.39, 0.29) is 24.4 Å². The number of carboxylic acids is 1. The van der Waals surface area contributed by atoms with Crippen molar-refractivity contribution in [2.24, 2.45) is 0 Å². The molecule has 1 atom stereocenters. The van der Waals surface area contributed by atoms with E-state index in [1.54, 1.807) is 42.5 Å². The van der Waals surface area contributed by atoms with Gasteiger partial charge in [0.2, 0.25) is 0 Å². The van der Waals surface area contributed by atoms with Gasteiger partial charge >= 0.3 is 5.97 Å². The van der Waals surface area contributed by atoms with Crippen molar-refractivity contribution >= 4 is 11.8 Å². The summed E-state index contributed by atoms with van der Waals surface area (Å²) >= 11 is 0. The maximum absolute atomic E-state index is 12.4. The average molecular weight is 284 g/mol. The van der Waals surface area contributed by atoms with Gasteiger partial charge in [-0.3, -0.25) is 4.79 Å². The molecule has 0 spiro atoms. The number of carbonyl (C=O) groups excluding carboxylic acids is 1. The van der Waals surface area contributed by atoms with Crippen LogP contribution in [0.15, 0.2) is 54.6 Å². The highest BCUT2D eigenvalue weighted by molar-refractivity contribution is 5.93. The molecule has 0 aromatic heterocycles. The van der Waals surface area contributed by atoms with Crippen molar-refractivity contribution < 1.29 is 19.8 Å². The first-order valence-corrected chi connectivity index (χ1v) is 6.63. The van der Waals surface area contributed by atoms with E-state index in [2.05, 4.69) is 0 Å². The summed E-state index contributed by atoms with van der Waals surface area (Å²) in [6, 6.07) is 15.4. The van der Waals surface area contributed by atoms with Crippen molar-refractivity contribution in [1.82, 2.24) is 0 Å². The van der Waals surface area contributed by atoms with E-state index in [1.807, 2.05) is 6.07 Å². The minimum absolute atomic E-state index is 0.0113. The summed E-state index contributed by atoms with van der Waals surface area (Å²) < 4.78 is 0. The summed E-state index contributed by atoms with van der Waals surface area (Å²) in [6.45, 7) is -0.294. The Morgan fingerprint density at radius 3 is 2.19 bits per heavy atom. The van der Waals surface area contributed by atoms with Gasteiger partial charge in [-0.25, -0.2) is 4.79 Å². The van der Waals surface area contributed by atoms with Crippen molar-refractivity contribution in [2.75, 3.05) is 6.61 Å². The van der Waals surface area contributed by atoms with Gasteiger partial charge < -0.3 is 10.2 Å². The van der Waals surface area contributed by atoms with E-state index in [4.69, 9.17) is 5.11 Å². The van der Waals surface area contributed by atoms with E-state index in [9.17, 15) is 14.7 Å². The number of aliphatic hydroxyl groups is 1. The molecule has 0 fully saturated rings. The number of hydrogen-bond acceptors (Lipinski definition) is 3. The fraction of sp³-hybridized carbons (Fsp3) is 0.176. The summed E-state index contributed by atoms with van der Waals surface area (Å²) in [5.41, 5.74) is 1.32. The van der Waals surface area contributed by atoms with E-state index < -0.39 is 11.9 Å². The van der Waals surface area contributed by atoms with Crippen molar-refractivity contribution in [1.29, 1.82) is 0 Å². The monoisotopic (exact) mass is 284 g/mol. The number of hydrogen-bond donors (Lipinski definition) is 2. The maximum Gasteiger partial charge on any atom is 0.335 e. The fourth-order valence-electron chi connectivity index (χ4n) is 2.27. The first-order valence-electron chi connectivity index (χ1n) is 6.63. The zero-order valence-electron chi connectivity index (χ0n) is 11.4. The van der Waals surface area contributed by atoms with Gasteiger partial charge in [0.1, 0.15) is 5.78 Å². The molecule has 2 rings (SSSR count). The third-order valence-corrected chi connectivity index (χ3v) is 3.39. The van der Waals surface area contributed by atoms with E-state index >= 15 is 0 Å². The van der Waals surface area contributed by atoms with Gasteiger partial charge in [0.05, 0.1) is 18.1 Å². The van der Waals surface area contributed by atoms with Gasteiger partial charge in [0.15, 0.2) is 0 Å². The molecule has 108 valence electrons. The molecule has 2 aromatic carbocycles. The maximum atomic E-state index is 12.4. The van der Waals surface area contributed by atoms with Crippen LogP contribution in [0.4, 0.5) is 0 Å². The smallest absolute Gasteiger partial charge is 0.335 e. The molecule has 4 nitrogen and oxygen atoms in total. The van der Waals surface area contributed by atoms with Gasteiger partial charge in [-0.1, -0.05) is 48.5 Å². The van der Waals surface area contributed by atoms with Crippen LogP contribution in [0, 0.1) is 0 Å². The van der Waals surface area contributed by atoms with Crippen LogP contribution in [0.3, 0.4) is 0 Å². The Bertz CT molecular complexity index is 634. The number of benzene rings is 2. The molecular weight excluding hydrogens is 268 g/mol. The SMILES string of the molecule is O=C(O)c1ccccc1CC(=O)C(CO)c1ccccc1. The molecule has 0 saturated carbocycles. The standard InChI is InChI=1S/C17H16O4/c18-11-15(12-6-2-1-3-7-12)16(19)10-13-8-4-5-9-14(13)17(20)21/h1-9,15,18H,10-11H2,(H,20,21). The number of rotatable bonds is 6. The van der Waals surface area contributed by atoms with Crippen LogP contribution in [0.1, 0.15) is 27.4 Å². The topological polar surface area (TPSA) is 74.6 Å². The molecule has 0 heterocycles. The van der Waals surface area contributed by atoms with E-state index in [0.29, 0.717) is 5.56 Å². The molecular formula is C17H16O4. The van der Waals surface area contributed by atoms with E-state index in [0.717, 1.165) is 5.56 Å². The summed E-state index contributed by atoms with van der Waals surface area (Å²) in [4.78, 5) is 23.5. The molecule has 2 aromatic rings. The highest BCUT2D eigenvalue weighted by atomic mass is 16.4. The Morgan fingerprint density at radius 2 is 1.57 bits per heavy atom. The highest BCUT2D eigenvalue weighted by Crippen LogP contribution is 2.20. The number of Topliss-reactive ketones (excluding diaryl/α,β-unsaturated/α-hetero) is 1. The molecule has 0 bridgehead atoms. The van der Waals surface area contributed by atoms with Crippen molar-refractivity contribution in [3.05, 3.63) is 71.3 Å². The van der Waals surface area contributed by atoms with Gasteiger partial charge in [0.25, 0.3) is 0 Å². The third-order valence-electron chi connectivity index (χ3n) is 3.39. The Kier molecular flexibility index (Phi) is 4.85. The predicted octanol–water partition coefficient (Wildman–Crippen LogP) is 2.27. The minimum Gasteiger partial charge on any atom is -0.478 e. The molecule has 0 radical (unpaired) electrons. The predicted molar refractivity (Wildman–Crippen MR) is 78.4 cm³/mol. The number of aromatic carboxylic acids is 1. The number of aliphatic hydroxyl groups excluding tert-OH is 1. The highest BCUT2D eigenvalue weighted by Gasteiger charge is 2.21. The molecule has 2 N–H and O–H groups in total. The molecule has 4 heteroatoms. The zero-order valence-corrected chi connectivity index (χ0v) is 11.4. The second-order valence-electron chi connectivity index (χ2n) is 4.75. The molecule has 0 aliphatic heterocycles. The summed E-state index contributed by atoms with van der Waals surface area (Å²) in [5.74, 6) is -1.89. The van der Waals surface area contributed by atoms with Gasteiger partial charge in [-0.15, -0.1) is 0 Å². The van der Waals surface area contributed by atoms with Gasteiger partial charge in [-0.2, -0.15) is 0 Å². The molecule has 0 aliphatic rings. The van der Waals surface area contributed by atoms with Gasteiger partial charge in [0, 0.05) is 6.42 Å². The van der Waals surface area contributed by atoms with Crippen LogP contribution in [0.5, 0.6) is 0 Å². The van der Waals surface area contributed by atoms with Crippen LogP contribution >= 0.6 is 0 Å². The average Bonchev–Trinajstić information content (AvgIpc) is 2.49. The lowest BCUT2D eigenvalue weighted by Gasteiger charge is -2.14. The lowest BCUT2D eigenvalue weighted by Crippen LogP contribution is -2.19. The van der Waals surface area contributed by atoms with Crippen LogP contribution in [0.2, 0.25) is 0 Å². The van der Waals surface area contributed by atoms with Crippen molar-refractivity contribution in [3.63, 3.8) is 0 Å². The first kappa shape index (κ1) is 14.9. The molecule has 1 unspecified atom stereocenters. The minimum atomic E-state index is -1.06. The Labute approximate surface area is 122 Å². The Balaban J connectivity index is 2.23. The molecule has 0 amide bonds. The number of carbonyl (C=O) groups is 2. The fourth-order valence-corrected chi connectivity index (χ4v) is 2.27. The normalized spacial score (nSPS) is 11.9. The second kappa shape index (κ2) is 6.81. The third kappa shape index (κ3) is 3.55. The lowest BCUT2D eigenvalue weighted by molar-refractivity contribution is -0.120. The largest absolute Gasteiger partial charge is 0.478 e. The van der Waals surface area contributed by atoms with Crippen molar-refractivity contribution in [2.45, 2.75) is 12.3 Å². The lowest BCUT2D eigenvalue weighted by atomic mass is 9.90. The Hall–Kier alpha value is -2.46. The summed E-state index contributed by atoms with van der Waals surface area (Å²) in [5, 5.41) is 18.6. The molecule has 0 saturated heterocycles. The van der Waals surface area contributed by atoms with Crippen LogP contribution in [0.25, 0.3) is 0 Å². The van der Waals surface area contributed by atoms with E-state index in [1.165, 1.54) is 6.07 Å². The van der Waals surface area contributed by atoms with Crippen molar-refractivity contribution in [3.8, 4) is 0 Å². The number of ketones is 1. The second-order valence-corrected chi connectivity index (χ2v) is 4.75. The summed E-state index contributed by atoms with van der Waals surface area (Å²) in [7, 11) is 0. The quantitative estimate of drug-likeness (QED) is 0.853. The van der Waals surface area contributed by atoms with Crippen LogP contribution in [-0.2, 0) is 11.2 Å². The number of carboxylic acid groups (broad SMARTS) is 1. The summed E-state index contributed by atoms with van der Waals surface area (Å²) in [6.07, 6.45) is -0.0113. The Morgan fingerprint density at radius 1 is 0.952 bits per heavy atom. The zero-order chi connectivity index (χ0) is 15.2. The molecule has 21 heavy (non-hydrogen) atoms.